The number of hydrogen-bond donors (Lipinski definition) is 2. The molecule has 0 spiro atoms. The predicted molar refractivity (Wildman–Crippen MR) is 57.2 cm³/mol. The van der Waals surface area contributed by atoms with Gasteiger partial charge in [0.05, 0.1) is 0 Å². The number of oxime groups is 1. The second-order valence-electron chi connectivity index (χ2n) is 3.48. The Morgan fingerprint density at radius 2 is 1.89 bits per heavy atom. The summed E-state index contributed by atoms with van der Waals surface area (Å²) in [6.45, 7) is 0. The molecule has 2 rings (SSSR count). The Balaban J connectivity index is 2.30. The van der Waals surface area contributed by atoms with Crippen LogP contribution in [-0.4, -0.2) is 21.2 Å². The van der Waals surface area contributed by atoms with Crippen molar-refractivity contribution in [1.29, 1.82) is 0 Å². The SMILES string of the molecule is NC(=NO)c1ccc(-c2noc(C(F)(F)F)n2)cc1. The van der Waals surface area contributed by atoms with Crippen LogP contribution in [0.25, 0.3) is 11.4 Å². The van der Waals surface area contributed by atoms with E-state index in [1.807, 2.05) is 0 Å². The summed E-state index contributed by atoms with van der Waals surface area (Å²) >= 11 is 0. The van der Waals surface area contributed by atoms with Crippen LogP contribution in [0.1, 0.15) is 11.5 Å². The zero-order valence-electron chi connectivity index (χ0n) is 9.22. The highest BCUT2D eigenvalue weighted by Crippen LogP contribution is 2.29. The molecule has 2 aromatic rings. The molecule has 1 aromatic carbocycles. The Morgan fingerprint density at radius 1 is 1.26 bits per heavy atom. The lowest BCUT2D eigenvalue weighted by Gasteiger charge is -1.99. The molecule has 0 aliphatic carbocycles. The average molecular weight is 272 g/mol. The lowest BCUT2D eigenvalue weighted by Crippen LogP contribution is -2.12. The van der Waals surface area contributed by atoms with Gasteiger partial charge in [-0.1, -0.05) is 34.6 Å². The van der Waals surface area contributed by atoms with Gasteiger partial charge >= 0.3 is 12.1 Å². The Morgan fingerprint density at radius 3 is 2.37 bits per heavy atom. The molecular weight excluding hydrogens is 265 g/mol. The lowest BCUT2D eigenvalue weighted by molar-refractivity contribution is -0.159. The molecule has 1 aromatic heterocycles. The third-order valence-corrected chi connectivity index (χ3v) is 2.22. The monoisotopic (exact) mass is 272 g/mol. The Hall–Kier alpha value is -2.58. The second-order valence-corrected chi connectivity index (χ2v) is 3.48. The Labute approximate surface area is 104 Å². The van der Waals surface area contributed by atoms with Crippen LogP contribution < -0.4 is 5.73 Å². The lowest BCUT2D eigenvalue weighted by atomic mass is 10.1. The van der Waals surface area contributed by atoms with Gasteiger partial charge in [0, 0.05) is 11.1 Å². The van der Waals surface area contributed by atoms with Crippen LogP contribution in [0, 0.1) is 0 Å². The molecule has 1 heterocycles. The van der Waals surface area contributed by atoms with Crippen molar-refractivity contribution >= 4 is 5.84 Å². The molecule has 0 radical (unpaired) electrons. The van der Waals surface area contributed by atoms with E-state index >= 15 is 0 Å². The summed E-state index contributed by atoms with van der Waals surface area (Å²) in [6, 6.07) is 5.76. The van der Waals surface area contributed by atoms with Crippen molar-refractivity contribution in [2.45, 2.75) is 6.18 Å². The van der Waals surface area contributed by atoms with Gasteiger partial charge in [0.25, 0.3) is 0 Å². The van der Waals surface area contributed by atoms with Crippen molar-refractivity contribution in [2.24, 2.45) is 10.9 Å². The molecule has 0 fully saturated rings. The fourth-order valence-corrected chi connectivity index (χ4v) is 1.30. The van der Waals surface area contributed by atoms with Gasteiger partial charge in [0.2, 0.25) is 5.82 Å². The van der Waals surface area contributed by atoms with Crippen molar-refractivity contribution in [3.8, 4) is 11.4 Å². The van der Waals surface area contributed by atoms with Gasteiger partial charge in [0.15, 0.2) is 5.84 Å². The van der Waals surface area contributed by atoms with Crippen molar-refractivity contribution in [3.05, 3.63) is 35.7 Å². The Bertz CT molecular complexity index is 604. The van der Waals surface area contributed by atoms with E-state index in [1.165, 1.54) is 24.3 Å². The fourth-order valence-electron chi connectivity index (χ4n) is 1.30. The number of halogens is 3. The summed E-state index contributed by atoms with van der Waals surface area (Å²) < 4.78 is 40.9. The topological polar surface area (TPSA) is 97.5 Å². The maximum atomic E-state index is 12.3. The highest BCUT2D eigenvalue weighted by molar-refractivity contribution is 5.97. The summed E-state index contributed by atoms with van der Waals surface area (Å²) in [4.78, 5) is 3.23. The number of hydrogen-bond acceptors (Lipinski definition) is 5. The van der Waals surface area contributed by atoms with E-state index in [-0.39, 0.29) is 11.7 Å². The molecular formula is C10H7F3N4O2. The van der Waals surface area contributed by atoms with Crippen LogP contribution in [0.5, 0.6) is 0 Å². The second kappa shape index (κ2) is 4.59. The van der Waals surface area contributed by atoms with E-state index in [1.54, 1.807) is 0 Å². The van der Waals surface area contributed by atoms with Gasteiger partial charge in [-0.25, -0.2) is 0 Å². The van der Waals surface area contributed by atoms with Crippen LogP contribution in [0.2, 0.25) is 0 Å². The zero-order chi connectivity index (χ0) is 14.0. The number of nitrogens with zero attached hydrogens (tertiary/aromatic N) is 3. The number of amidine groups is 1. The molecule has 0 bridgehead atoms. The van der Waals surface area contributed by atoms with Crippen molar-refractivity contribution in [1.82, 2.24) is 10.1 Å². The molecule has 6 nitrogen and oxygen atoms in total. The average Bonchev–Trinajstić information content (AvgIpc) is 2.87. The Kier molecular flexibility index (Phi) is 3.11. The van der Waals surface area contributed by atoms with E-state index in [0.717, 1.165) is 0 Å². The molecule has 19 heavy (non-hydrogen) atoms. The van der Waals surface area contributed by atoms with Gasteiger partial charge in [-0.05, 0) is 0 Å². The molecule has 9 heteroatoms. The minimum atomic E-state index is -4.68. The van der Waals surface area contributed by atoms with Crippen molar-refractivity contribution in [3.63, 3.8) is 0 Å². The number of aromatic nitrogens is 2. The van der Waals surface area contributed by atoms with Crippen molar-refractivity contribution < 1.29 is 22.9 Å². The standard InChI is InChI=1S/C10H7F3N4O2/c11-10(12,13)9-15-8(17-19-9)6-3-1-5(2-4-6)7(14)16-18/h1-4,18H,(H2,14,16). The van der Waals surface area contributed by atoms with Crippen LogP contribution in [0.4, 0.5) is 13.2 Å². The molecule has 0 aliphatic heterocycles. The maximum absolute atomic E-state index is 12.3. The molecule has 0 amide bonds. The fraction of sp³-hybridized carbons (Fsp3) is 0.100. The van der Waals surface area contributed by atoms with E-state index in [9.17, 15) is 13.2 Å². The normalized spacial score (nSPS) is 12.7. The quantitative estimate of drug-likeness (QED) is 0.376. The van der Waals surface area contributed by atoms with Gasteiger partial charge in [-0.15, -0.1) is 0 Å². The number of benzene rings is 1. The minimum Gasteiger partial charge on any atom is -0.409 e. The molecule has 3 N–H and O–H groups in total. The summed E-state index contributed by atoms with van der Waals surface area (Å²) in [7, 11) is 0. The third kappa shape index (κ3) is 2.64. The summed E-state index contributed by atoms with van der Waals surface area (Å²) in [5.41, 5.74) is 6.07. The van der Waals surface area contributed by atoms with Crippen LogP contribution >= 0.6 is 0 Å². The number of rotatable bonds is 2. The first-order valence-corrected chi connectivity index (χ1v) is 4.91. The molecule has 0 unspecified atom stereocenters. The van der Waals surface area contributed by atoms with E-state index in [0.29, 0.717) is 11.1 Å². The summed E-state index contributed by atoms with van der Waals surface area (Å²) in [6.07, 6.45) is -4.68. The zero-order valence-corrected chi connectivity index (χ0v) is 9.22. The number of alkyl halides is 3. The minimum absolute atomic E-state index is 0.115. The van der Waals surface area contributed by atoms with Gasteiger partial charge < -0.3 is 15.5 Å². The highest BCUT2D eigenvalue weighted by Gasteiger charge is 2.38. The van der Waals surface area contributed by atoms with Gasteiger partial charge in [-0.3, -0.25) is 0 Å². The van der Waals surface area contributed by atoms with Crippen LogP contribution in [0.3, 0.4) is 0 Å². The van der Waals surface area contributed by atoms with E-state index < -0.39 is 12.1 Å². The maximum Gasteiger partial charge on any atom is 0.471 e. The highest BCUT2D eigenvalue weighted by atomic mass is 19.4. The molecule has 0 atom stereocenters. The van der Waals surface area contributed by atoms with Gasteiger partial charge in [-0.2, -0.15) is 18.2 Å². The van der Waals surface area contributed by atoms with Crippen LogP contribution in [0.15, 0.2) is 33.9 Å². The first kappa shape index (κ1) is 12.9. The molecule has 0 aliphatic rings. The van der Waals surface area contributed by atoms with Crippen LogP contribution in [-0.2, 0) is 6.18 Å². The molecule has 100 valence electrons. The third-order valence-electron chi connectivity index (χ3n) is 2.22. The van der Waals surface area contributed by atoms with E-state index in [2.05, 4.69) is 19.8 Å². The summed E-state index contributed by atoms with van der Waals surface area (Å²) in [5.74, 6) is -1.72. The predicted octanol–water partition coefficient (Wildman–Crippen LogP) is 1.85. The number of nitrogens with two attached hydrogens (primary N) is 1. The molecule has 0 saturated carbocycles. The molecule has 0 saturated heterocycles. The first-order chi connectivity index (χ1) is 8.91. The van der Waals surface area contributed by atoms with Gasteiger partial charge in [0.1, 0.15) is 0 Å². The first-order valence-electron chi connectivity index (χ1n) is 4.91. The smallest absolute Gasteiger partial charge is 0.409 e. The van der Waals surface area contributed by atoms with Crippen molar-refractivity contribution in [2.75, 3.05) is 0 Å². The van der Waals surface area contributed by atoms with E-state index in [4.69, 9.17) is 10.9 Å². The largest absolute Gasteiger partial charge is 0.471 e. The summed E-state index contributed by atoms with van der Waals surface area (Å²) in [5, 5.41) is 14.5.